The molecule has 2 aliphatic heterocycles. The first-order valence-corrected chi connectivity index (χ1v) is 10.1. The van der Waals surface area contributed by atoms with Crippen molar-refractivity contribution in [1.29, 1.82) is 0 Å². The normalized spacial score (nSPS) is 21.3. The number of nitrogens with one attached hydrogen (secondary N) is 2. The summed E-state index contributed by atoms with van der Waals surface area (Å²) in [6.07, 6.45) is 7.76. The summed E-state index contributed by atoms with van der Waals surface area (Å²) in [5, 5.41) is 5.72. The van der Waals surface area contributed by atoms with Crippen molar-refractivity contribution in [2.75, 3.05) is 19.7 Å². The van der Waals surface area contributed by atoms with E-state index in [-0.39, 0.29) is 19.1 Å². The molecule has 152 valence electrons. The molecule has 7 heteroatoms. The number of benzene rings is 1. The molecule has 1 atom stereocenters. The minimum absolute atomic E-state index is 0.00505. The van der Waals surface area contributed by atoms with E-state index in [1.54, 1.807) is 0 Å². The van der Waals surface area contributed by atoms with E-state index in [0.29, 0.717) is 17.8 Å². The van der Waals surface area contributed by atoms with E-state index >= 15 is 0 Å². The lowest BCUT2D eigenvalue weighted by atomic mass is 9.96. The maximum atomic E-state index is 12.7. The Hall–Kier alpha value is -3.09. The number of urea groups is 1. The quantitative estimate of drug-likeness (QED) is 0.572. The molecule has 0 aromatic heterocycles. The summed E-state index contributed by atoms with van der Waals surface area (Å²) in [7, 11) is 0. The molecule has 0 fully saturated rings. The van der Waals surface area contributed by atoms with E-state index in [0.717, 1.165) is 24.8 Å². The average molecular weight is 395 g/mol. The van der Waals surface area contributed by atoms with Gasteiger partial charge in [0, 0.05) is 6.54 Å². The summed E-state index contributed by atoms with van der Waals surface area (Å²) in [4.78, 5) is 38.8. The Morgan fingerprint density at radius 3 is 2.79 bits per heavy atom. The minimum atomic E-state index is -0.564. The summed E-state index contributed by atoms with van der Waals surface area (Å²) in [6, 6.07) is 8.31. The van der Waals surface area contributed by atoms with Crippen LogP contribution in [-0.2, 0) is 14.3 Å². The maximum absolute atomic E-state index is 12.7. The fourth-order valence-corrected chi connectivity index (χ4v) is 4.07. The number of cyclic esters (lactones) is 1. The number of hydrogen-bond donors (Lipinski definition) is 2. The van der Waals surface area contributed by atoms with E-state index in [1.165, 1.54) is 23.3 Å². The van der Waals surface area contributed by atoms with Crippen molar-refractivity contribution in [3.05, 3.63) is 58.8 Å². The van der Waals surface area contributed by atoms with Gasteiger partial charge in [0.2, 0.25) is 5.91 Å². The standard InChI is InChI=1S/C22H25N3O4/c26-18(23-12-11-15-7-3-1-4-8-15)13-25-17-14-29-21(27)19(17)20(24-22(25)28)16-9-5-2-6-10-16/h2,5-7,9-10,20H,1,3-4,8,11-14H2,(H,23,26)(H,24,28)/t20-/m0/s1. The van der Waals surface area contributed by atoms with Crippen LogP contribution in [0.25, 0.3) is 0 Å². The second kappa shape index (κ2) is 8.51. The van der Waals surface area contributed by atoms with Gasteiger partial charge in [0.05, 0.1) is 17.3 Å². The molecule has 29 heavy (non-hydrogen) atoms. The molecular weight excluding hydrogens is 370 g/mol. The summed E-state index contributed by atoms with van der Waals surface area (Å²) >= 11 is 0. The summed E-state index contributed by atoms with van der Waals surface area (Å²) in [6.45, 7) is 0.418. The van der Waals surface area contributed by atoms with Gasteiger partial charge in [0.25, 0.3) is 0 Å². The summed E-state index contributed by atoms with van der Waals surface area (Å²) in [5.41, 5.74) is 3.06. The van der Waals surface area contributed by atoms with Crippen molar-refractivity contribution in [3.63, 3.8) is 0 Å². The molecule has 2 heterocycles. The molecule has 0 bridgehead atoms. The lowest BCUT2D eigenvalue weighted by molar-refractivity contribution is -0.136. The average Bonchev–Trinajstić information content (AvgIpc) is 3.13. The van der Waals surface area contributed by atoms with Crippen LogP contribution < -0.4 is 10.6 Å². The van der Waals surface area contributed by atoms with E-state index in [2.05, 4.69) is 16.7 Å². The van der Waals surface area contributed by atoms with Gasteiger partial charge in [0.15, 0.2) is 0 Å². The molecule has 1 aliphatic carbocycles. The zero-order valence-corrected chi connectivity index (χ0v) is 16.3. The molecule has 3 aliphatic rings. The molecule has 0 spiro atoms. The first-order valence-electron chi connectivity index (χ1n) is 10.1. The molecule has 1 aromatic rings. The van der Waals surface area contributed by atoms with Gasteiger partial charge < -0.3 is 15.4 Å². The Bertz CT molecular complexity index is 875. The molecule has 0 unspecified atom stereocenters. The first-order chi connectivity index (χ1) is 14.1. The van der Waals surface area contributed by atoms with E-state index in [4.69, 9.17) is 4.74 Å². The van der Waals surface area contributed by atoms with Gasteiger partial charge in [-0.25, -0.2) is 9.59 Å². The van der Waals surface area contributed by atoms with Crippen LogP contribution in [0.3, 0.4) is 0 Å². The molecule has 3 amide bonds. The zero-order chi connectivity index (χ0) is 20.2. The molecule has 7 nitrogen and oxygen atoms in total. The fourth-order valence-electron chi connectivity index (χ4n) is 4.07. The zero-order valence-electron chi connectivity index (χ0n) is 16.3. The largest absolute Gasteiger partial charge is 0.456 e. The van der Waals surface area contributed by atoms with Crippen LogP contribution in [-0.4, -0.2) is 42.5 Å². The third-order valence-electron chi connectivity index (χ3n) is 5.59. The van der Waals surface area contributed by atoms with Crippen molar-refractivity contribution < 1.29 is 19.1 Å². The highest BCUT2D eigenvalue weighted by Gasteiger charge is 2.42. The number of nitrogens with zero attached hydrogens (tertiary/aromatic N) is 1. The Kier molecular flexibility index (Phi) is 5.64. The predicted molar refractivity (Wildman–Crippen MR) is 107 cm³/mol. The van der Waals surface area contributed by atoms with E-state index in [1.807, 2.05) is 30.3 Å². The van der Waals surface area contributed by atoms with Crippen LogP contribution in [0.4, 0.5) is 4.79 Å². The lowest BCUT2D eigenvalue weighted by Gasteiger charge is -2.32. The van der Waals surface area contributed by atoms with Crippen molar-refractivity contribution in [3.8, 4) is 0 Å². The number of esters is 1. The van der Waals surface area contributed by atoms with Gasteiger partial charge in [-0.3, -0.25) is 9.69 Å². The van der Waals surface area contributed by atoms with E-state index < -0.39 is 18.0 Å². The van der Waals surface area contributed by atoms with Crippen molar-refractivity contribution >= 4 is 17.9 Å². The molecule has 1 aromatic carbocycles. The Morgan fingerprint density at radius 2 is 2.03 bits per heavy atom. The Labute approximate surface area is 169 Å². The van der Waals surface area contributed by atoms with Crippen LogP contribution in [0, 0.1) is 0 Å². The smallest absolute Gasteiger partial charge is 0.338 e. The number of amides is 3. The molecule has 0 radical (unpaired) electrons. The Balaban J connectivity index is 1.43. The number of ether oxygens (including phenoxy) is 1. The molecular formula is C22H25N3O4. The number of allylic oxidation sites excluding steroid dienone is 1. The summed E-state index contributed by atoms with van der Waals surface area (Å²) in [5.74, 6) is -0.704. The van der Waals surface area contributed by atoms with Gasteiger partial charge >= 0.3 is 12.0 Å². The highest BCUT2D eigenvalue weighted by atomic mass is 16.5. The molecule has 0 saturated heterocycles. The third-order valence-corrected chi connectivity index (χ3v) is 5.59. The highest BCUT2D eigenvalue weighted by Crippen LogP contribution is 2.34. The van der Waals surface area contributed by atoms with Gasteiger partial charge in [0.1, 0.15) is 13.2 Å². The fraction of sp³-hybridized carbons (Fsp3) is 0.409. The van der Waals surface area contributed by atoms with Crippen LogP contribution in [0.15, 0.2) is 53.3 Å². The first kappa shape index (κ1) is 19.2. The van der Waals surface area contributed by atoms with Crippen molar-refractivity contribution in [1.82, 2.24) is 15.5 Å². The van der Waals surface area contributed by atoms with E-state index in [9.17, 15) is 14.4 Å². The van der Waals surface area contributed by atoms with Crippen LogP contribution in [0.2, 0.25) is 0 Å². The predicted octanol–water partition coefficient (Wildman–Crippen LogP) is 2.57. The minimum Gasteiger partial charge on any atom is -0.456 e. The van der Waals surface area contributed by atoms with Crippen LogP contribution in [0.5, 0.6) is 0 Å². The third kappa shape index (κ3) is 4.18. The lowest BCUT2D eigenvalue weighted by Crippen LogP contribution is -2.50. The molecule has 2 N–H and O–H groups in total. The molecule has 0 saturated carbocycles. The van der Waals surface area contributed by atoms with Crippen molar-refractivity contribution in [2.45, 2.75) is 38.1 Å². The Morgan fingerprint density at radius 1 is 1.21 bits per heavy atom. The van der Waals surface area contributed by atoms with Crippen molar-refractivity contribution in [2.24, 2.45) is 0 Å². The number of rotatable bonds is 6. The van der Waals surface area contributed by atoms with Crippen LogP contribution >= 0.6 is 0 Å². The van der Waals surface area contributed by atoms with Gasteiger partial charge in [-0.15, -0.1) is 0 Å². The number of carbonyl (C=O) groups excluding carboxylic acids is 3. The number of hydrogen-bond acceptors (Lipinski definition) is 4. The number of carbonyl (C=O) groups is 3. The SMILES string of the molecule is O=C(CN1C(=O)N[C@@H](c2ccccc2)C2=C1COC2=O)NCCC1=CCCCC1. The van der Waals surface area contributed by atoms with Gasteiger partial charge in [-0.2, -0.15) is 0 Å². The highest BCUT2D eigenvalue weighted by molar-refractivity contribution is 5.98. The second-order valence-corrected chi connectivity index (χ2v) is 7.52. The van der Waals surface area contributed by atoms with Gasteiger partial charge in [-0.05, 0) is 37.7 Å². The second-order valence-electron chi connectivity index (χ2n) is 7.52. The van der Waals surface area contributed by atoms with Gasteiger partial charge in [-0.1, -0.05) is 42.0 Å². The van der Waals surface area contributed by atoms with Crippen LogP contribution in [0.1, 0.15) is 43.7 Å². The topological polar surface area (TPSA) is 87.7 Å². The molecule has 4 rings (SSSR count). The monoisotopic (exact) mass is 395 g/mol. The summed E-state index contributed by atoms with van der Waals surface area (Å²) < 4.78 is 5.19. The maximum Gasteiger partial charge on any atom is 0.338 e.